The summed E-state index contributed by atoms with van der Waals surface area (Å²) in [6, 6.07) is 7.98. The molecule has 0 radical (unpaired) electrons. The molecule has 1 aromatic carbocycles. The zero-order valence-corrected chi connectivity index (χ0v) is 10.7. The largest absolute Gasteiger partial charge is 0.397 e. The molecule has 0 fully saturated rings. The average molecular weight is 250 g/mol. The first-order chi connectivity index (χ1) is 9.29. The molecule has 0 saturated heterocycles. The number of anilines is 1. The van der Waals surface area contributed by atoms with Crippen molar-refractivity contribution in [1.29, 1.82) is 0 Å². The lowest BCUT2D eigenvalue weighted by atomic mass is 9.98. The van der Waals surface area contributed by atoms with Gasteiger partial charge in [-0.05, 0) is 41.8 Å². The normalized spacial score (nSPS) is 10.8. The Bertz CT molecular complexity index is 737. The van der Waals surface area contributed by atoms with Gasteiger partial charge in [0, 0.05) is 23.3 Å². The fraction of sp³-hybridized carbons (Fsp3) is 0.133. The van der Waals surface area contributed by atoms with Crippen molar-refractivity contribution < 1.29 is 0 Å². The van der Waals surface area contributed by atoms with Gasteiger partial charge in [-0.2, -0.15) is 5.10 Å². The number of fused-ring (bicyclic) bond motifs is 1. The van der Waals surface area contributed by atoms with E-state index >= 15 is 0 Å². The van der Waals surface area contributed by atoms with E-state index in [4.69, 9.17) is 5.73 Å². The third-order valence-electron chi connectivity index (χ3n) is 3.25. The van der Waals surface area contributed by atoms with Gasteiger partial charge in [0.15, 0.2) is 0 Å². The van der Waals surface area contributed by atoms with E-state index in [0.29, 0.717) is 5.69 Å². The number of nitrogens with zero attached hydrogens (tertiary/aromatic N) is 3. The molecule has 3 rings (SSSR count). The highest BCUT2D eigenvalue weighted by molar-refractivity contribution is 5.93. The van der Waals surface area contributed by atoms with Crippen LogP contribution in [0.4, 0.5) is 5.69 Å². The van der Waals surface area contributed by atoms with Gasteiger partial charge >= 0.3 is 0 Å². The maximum absolute atomic E-state index is 6.06. The molecule has 0 amide bonds. The Balaban J connectivity index is 2.26. The summed E-state index contributed by atoms with van der Waals surface area (Å²) in [5, 5.41) is 8.93. The summed E-state index contributed by atoms with van der Waals surface area (Å²) in [6.45, 7) is 2.13. The van der Waals surface area contributed by atoms with Crippen LogP contribution in [0.5, 0.6) is 0 Å². The van der Waals surface area contributed by atoms with Gasteiger partial charge in [0.2, 0.25) is 0 Å². The lowest BCUT2D eigenvalue weighted by Crippen LogP contribution is -1.94. The van der Waals surface area contributed by atoms with Gasteiger partial charge in [-0.15, -0.1) is 5.10 Å². The summed E-state index contributed by atoms with van der Waals surface area (Å²) in [5.41, 5.74) is 10.9. The van der Waals surface area contributed by atoms with Crippen molar-refractivity contribution in [2.45, 2.75) is 13.3 Å². The van der Waals surface area contributed by atoms with E-state index in [1.165, 1.54) is 5.56 Å². The number of nitrogen functional groups attached to an aromatic ring is 1. The van der Waals surface area contributed by atoms with Crippen LogP contribution in [0.2, 0.25) is 0 Å². The van der Waals surface area contributed by atoms with E-state index in [-0.39, 0.29) is 0 Å². The van der Waals surface area contributed by atoms with Gasteiger partial charge < -0.3 is 5.73 Å². The molecule has 4 heteroatoms. The first-order valence-corrected chi connectivity index (χ1v) is 6.23. The molecule has 94 valence electrons. The van der Waals surface area contributed by atoms with Crippen LogP contribution >= 0.6 is 0 Å². The minimum atomic E-state index is 0.645. The number of pyridine rings is 1. The van der Waals surface area contributed by atoms with Crippen LogP contribution < -0.4 is 5.73 Å². The van der Waals surface area contributed by atoms with Crippen LogP contribution in [0.25, 0.3) is 22.0 Å². The summed E-state index contributed by atoms with van der Waals surface area (Å²) in [6.07, 6.45) is 6.34. The summed E-state index contributed by atoms with van der Waals surface area (Å²) >= 11 is 0. The number of rotatable bonds is 2. The summed E-state index contributed by atoms with van der Waals surface area (Å²) in [5.74, 6) is 0. The molecule has 3 aromatic rings. The van der Waals surface area contributed by atoms with Crippen molar-refractivity contribution in [3.05, 3.63) is 48.4 Å². The molecular weight excluding hydrogens is 236 g/mol. The first kappa shape index (κ1) is 11.6. The molecule has 0 bridgehead atoms. The molecule has 0 unspecified atom stereocenters. The van der Waals surface area contributed by atoms with Gasteiger partial charge in [0.1, 0.15) is 5.52 Å². The molecule has 4 nitrogen and oxygen atoms in total. The van der Waals surface area contributed by atoms with Crippen LogP contribution in [0.15, 0.2) is 42.9 Å². The Labute approximate surface area is 111 Å². The van der Waals surface area contributed by atoms with Crippen LogP contribution in [0, 0.1) is 0 Å². The molecule has 2 aromatic heterocycles. The average Bonchev–Trinajstić information content (AvgIpc) is 2.47. The molecule has 19 heavy (non-hydrogen) atoms. The topological polar surface area (TPSA) is 64.7 Å². The highest BCUT2D eigenvalue weighted by Crippen LogP contribution is 2.29. The number of aromatic nitrogens is 3. The number of nitrogens with two attached hydrogens (primary N) is 1. The van der Waals surface area contributed by atoms with Gasteiger partial charge in [-0.3, -0.25) is 4.98 Å². The zero-order valence-electron chi connectivity index (χ0n) is 10.7. The second kappa shape index (κ2) is 4.65. The zero-order chi connectivity index (χ0) is 13.2. The number of hydrogen-bond donors (Lipinski definition) is 1. The molecular formula is C15H14N4. The molecule has 2 heterocycles. The van der Waals surface area contributed by atoms with E-state index in [2.05, 4.69) is 28.2 Å². The van der Waals surface area contributed by atoms with Crippen molar-refractivity contribution in [2.75, 3.05) is 5.73 Å². The fourth-order valence-electron chi connectivity index (χ4n) is 2.27. The monoisotopic (exact) mass is 250 g/mol. The second-order valence-corrected chi connectivity index (χ2v) is 4.42. The third kappa shape index (κ3) is 2.01. The van der Waals surface area contributed by atoms with E-state index in [0.717, 1.165) is 28.5 Å². The number of aryl methyl sites for hydroxylation is 1. The Hall–Kier alpha value is -2.49. The van der Waals surface area contributed by atoms with Crippen molar-refractivity contribution in [2.24, 2.45) is 0 Å². The van der Waals surface area contributed by atoms with E-state index in [1.54, 1.807) is 6.20 Å². The summed E-state index contributed by atoms with van der Waals surface area (Å²) in [7, 11) is 0. The van der Waals surface area contributed by atoms with Gasteiger partial charge in [0.25, 0.3) is 0 Å². The van der Waals surface area contributed by atoms with Crippen LogP contribution in [0.1, 0.15) is 12.5 Å². The molecule has 0 atom stereocenters. The molecule has 2 N–H and O–H groups in total. The first-order valence-electron chi connectivity index (χ1n) is 6.23. The highest BCUT2D eigenvalue weighted by Gasteiger charge is 2.08. The molecule has 0 spiro atoms. The fourth-order valence-corrected chi connectivity index (χ4v) is 2.27. The smallest absolute Gasteiger partial charge is 0.116 e. The van der Waals surface area contributed by atoms with Gasteiger partial charge in [-0.1, -0.05) is 6.92 Å². The van der Waals surface area contributed by atoms with Crippen LogP contribution in [-0.4, -0.2) is 15.2 Å². The lowest BCUT2D eigenvalue weighted by Gasteiger charge is -2.09. The highest BCUT2D eigenvalue weighted by atomic mass is 15.1. The third-order valence-corrected chi connectivity index (χ3v) is 3.25. The quantitative estimate of drug-likeness (QED) is 0.710. The second-order valence-electron chi connectivity index (χ2n) is 4.42. The number of hydrogen-bond acceptors (Lipinski definition) is 4. The lowest BCUT2D eigenvalue weighted by molar-refractivity contribution is 1.08. The molecule has 0 aliphatic rings. The Morgan fingerprint density at radius 2 is 2.05 bits per heavy atom. The molecule has 0 aliphatic heterocycles. The minimum Gasteiger partial charge on any atom is -0.397 e. The Morgan fingerprint density at radius 1 is 1.16 bits per heavy atom. The van der Waals surface area contributed by atoms with Gasteiger partial charge in [-0.25, -0.2) is 0 Å². The van der Waals surface area contributed by atoms with Crippen molar-refractivity contribution >= 4 is 16.6 Å². The maximum Gasteiger partial charge on any atom is 0.116 e. The Kier molecular flexibility index (Phi) is 2.83. The van der Waals surface area contributed by atoms with Crippen molar-refractivity contribution in [3.8, 4) is 11.1 Å². The minimum absolute atomic E-state index is 0.645. The summed E-state index contributed by atoms with van der Waals surface area (Å²) in [4.78, 5) is 4.21. The van der Waals surface area contributed by atoms with Crippen LogP contribution in [0.3, 0.4) is 0 Å². The maximum atomic E-state index is 6.06. The SMILES string of the molecule is CCc1ccncc1-c1cc(N)c2nnccc2c1. The van der Waals surface area contributed by atoms with Crippen molar-refractivity contribution in [3.63, 3.8) is 0 Å². The number of benzene rings is 1. The van der Waals surface area contributed by atoms with E-state index in [9.17, 15) is 0 Å². The molecule has 0 aliphatic carbocycles. The van der Waals surface area contributed by atoms with Gasteiger partial charge in [0.05, 0.1) is 11.9 Å². The van der Waals surface area contributed by atoms with Crippen molar-refractivity contribution in [1.82, 2.24) is 15.2 Å². The standard InChI is InChI=1S/C15H14N4/c1-2-10-3-5-17-9-13(10)12-7-11-4-6-18-19-15(11)14(16)8-12/h3-9H,2,16H2,1H3. The van der Waals surface area contributed by atoms with E-state index in [1.807, 2.05) is 30.6 Å². The molecule has 0 saturated carbocycles. The predicted octanol–water partition coefficient (Wildman–Crippen LogP) is 2.84. The summed E-state index contributed by atoms with van der Waals surface area (Å²) < 4.78 is 0. The van der Waals surface area contributed by atoms with E-state index < -0.39 is 0 Å². The Morgan fingerprint density at radius 3 is 2.89 bits per heavy atom. The predicted molar refractivity (Wildman–Crippen MR) is 76.6 cm³/mol. The van der Waals surface area contributed by atoms with Crippen LogP contribution in [-0.2, 0) is 6.42 Å².